The van der Waals surface area contributed by atoms with Crippen LogP contribution in [-0.4, -0.2) is 22.0 Å². The zero-order chi connectivity index (χ0) is 13.4. The lowest BCUT2D eigenvalue weighted by Gasteiger charge is -2.06. The Morgan fingerprint density at radius 1 is 1.11 bits per heavy atom. The first-order valence-electron chi connectivity index (χ1n) is 6.06. The van der Waals surface area contributed by atoms with Gasteiger partial charge in [0.1, 0.15) is 10.6 Å². The van der Waals surface area contributed by atoms with Gasteiger partial charge in [-0.3, -0.25) is 4.98 Å². The quantitative estimate of drug-likeness (QED) is 0.775. The zero-order valence-corrected chi connectivity index (χ0v) is 11.9. The van der Waals surface area contributed by atoms with Crippen molar-refractivity contribution in [3.05, 3.63) is 35.0 Å². The number of aryl methyl sites for hydroxylation is 2. The molecule has 0 bridgehead atoms. The number of pyridine rings is 1. The number of nitrogens with zero attached hydrogens (tertiary/aromatic N) is 3. The van der Waals surface area contributed by atoms with Crippen molar-refractivity contribution in [3.63, 3.8) is 0 Å². The van der Waals surface area contributed by atoms with Crippen LogP contribution in [0.3, 0.4) is 0 Å². The molecule has 0 saturated carbocycles. The highest BCUT2D eigenvalue weighted by Crippen LogP contribution is 2.34. The number of thiophene rings is 1. The summed E-state index contributed by atoms with van der Waals surface area (Å²) in [6.07, 6.45) is 3.51. The van der Waals surface area contributed by atoms with E-state index in [0.717, 1.165) is 27.4 Å². The first kappa shape index (κ1) is 12.0. The molecule has 0 aliphatic rings. The van der Waals surface area contributed by atoms with Crippen molar-refractivity contribution in [2.75, 3.05) is 12.4 Å². The van der Waals surface area contributed by atoms with Gasteiger partial charge in [-0.15, -0.1) is 11.3 Å². The molecule has 0 fully saturated rings. The van der Waals surface area contributed by atoms with Gasteiger partial charge in [-0.2, -0.15) is 0 Å². The number of aromatic nitrogens is 3. The molecule has 0 aliphatic carbocycles. The molecule has 96 valence electrons. The maximum Gasteiger partial charge on any atom is 0.163 e. The molecule has 3 aromatic heterocycles. The van der Waals surface area contributed by atoms with Crippen LogP contribution in [0.5, 0.6) is 0 Å². The van der Waals surface area contributed by atoms with Gasteiger partial charge in [-0.1, -0.05) is 0 Å². The summed E-state index contributed by atoms with van der Waals surface area (Å²) in [6, 6.07) is 3.85. The first-order chi connectivity index (χ1) is 9.20. The van der Waals surface area contributed by atoms with Crippen LogP contribution in [-0.2, 0) is 0 Å². The van der Waals surface area contributed by atoms with Gasteiger partial charge in [0, 0.05) is 29.9 Å². The molecule has 0 radical (unpaired) electrons. The van der Waals surface area contributed by atoms with Gasteiger partial charge < -0.3 is 5.32 Å². The maximum absolute atomic E-state index is 4.68. The Morgan fingerprint density at radius 2 is 1.84 bits per heavy atom. The smallest absolute Gasteiger partial charge is 0.163 e. The third-order valence-electron chi connectivity index (χ3n) is 3.20. The van der Waals surface area contributed by atoms with E-state index in [-0.39, 0.29) is 0 Å². The summed E-state index contributed by atoms with van der Waals surface area (Å²) < 4.78 is 0. The molecule has 0 aliphatic heterocycles. The molecule has 3 rings (SSSR count). The lowest BCUT2D eigenvalue weighted by Crippen LogP contribution is -1.98. The molecule has 3 heterocycles. The fraction of sp³-hybridized carbons (Fsp3) is 0.214. The topological polar surface area (TPSA) is 50.7 Å². The SMILES string of the molecule is CNc1nc(-c2ccncc2)nc2sc(C)c(C)c12. The Balaban J connectivity index is 2.29. The molecule has 5 heteroatoms. The molecule has 0 aromatic carbocycles. The summed E-state index contributed by atoms with van der Waals surface area (Å²) in [5.74, 6) is 1.62. The van der Waals surface area contributed by atoms with Gasteiger partial charge in [-0.25, -0.2) is 9.97 Å². The highest BCUT2D eigenvalue weighted by atomic mass is 32.1. The summed E-state index contributed by atoms with van der Waals surface area (Å²) >= 11 is 1.71. The van der Waals surface area contributed by atoms with E-state index in [1.165, 1.54) is 10.4 Å². The predicted molar refractivity (Wildman–Crippen MR) is 79.7 cm³/mol. The second kappa shape index (κ2) is 4.59. The van der Waals surface area contributed by atoms with E-state index >= 15 is 0 Å². The number of hydrogen-bond acceptors (Lipinski definition) is 5. The van der Waals surface area contributed by atoms with Crippen molar-refractivity contribution in [1.82, 2.24) is 15.0 Å². The third-order valence-corrected chi connectivity index (χ3v) is 4.31. The Bertz CT molecular complexity index is 734. The summed E-state index contributed by atoms with van der Waals surface area (Å²) in [5, 5.41) is 4.30. The standard InChI is InChI=1S/C14H14N4S/c1-8-9(2)19-14-11(8)13(15-3)17-12(18-14)10-4-6-16-7-5-10/h4-7H,1-3H3,(H,15,17,18). The first-order valence-corrected chi connectivity index (χ1v) is 6.88. The zero-order valence-electron chi connectivity index (χ0n) is 11.1. The summed E-state index contributed by atoms with van der Waals surface area (Å²) in [6.45, 7) is 4.23. The van der Waals surface area contributed by atoms with E-state index < -0.39 is 0 Å². The van der Waals surface area contributed by atoms with Crippen LogP contribution in [0.15, 0.2) is 24.5 Å². The average Bonchev–Trinajstić information content (AvgIpc) is 2.74. The highest BCUT2D eigenvalue weighted by molar-refractivity contribution is 7.18. The second-order valence-corrected chi connectivity index (χ2v) is 5.55. The largest absolute Gasteiger partial charge is 0.372 e. The summed E-state index contributed by atoms with van der Waals surface area (Å²) in [4.78, 5) is 15.6. The van der Waals surface area contributed by atoms with E-state index in [1.807, 2.05) is 19.2 Å². The van der Waals surface area contributed by atoms with Crippen molar-refractivity contribution < 1.29 is 0 Å². The molecule has 1 N–H and O–H groups in total. The van der Waals surface area contributed by atoms with Crippen LogP contribution >= 0.6 is 11.3 Å². The Kier molecular flexibility index (Phi) is 2.91. The average molecular weight is 270 g/mol. The van der Waals surface area contributed by atoms with Crippen molar-refractivity contribution in [2.24, 2.45) is 0 Å². The second-order valence-electron chi connectivity index (χ2n) is 4.35. The lowest BCUT2D eigenvalue weighted by atomic mass is 10.2. The van der Waals surface area contributed by atoms with Crippen LogP contribution in [0.25, 0.3) is 21.6 Å². The van der Waals surface area contributed by atoms with Crippen molar-refractivity contribution in [1.29, 1.82) is 0 Å². The Labute approximate surface area is 115 Å². The fourth-order valence-corrected chi connectivity index (χ4v) is 3.09. The number of nitrogens with one attached hydrogen (secondary N) is 1. The monoisotopic (exact) mass is 270 g/mol. The Morgan fingerprint density at radius 3 is 2.53 bits per heavy atom. The van der Waals surface area contributed by atoms with E-state index in [4.69, 9.17) is 0 Å². The number of rotatable bonds is 2. The molecule has 0 unspecified atom stereocenters. The molecule has 3 aromatic rings. The summed E-state index contributed by atoms with van der Waals surface area (Å²) in [7, 11) is 1.89. The van der Waals surface area contributed by atoms with E-state index in [9.17, 15) is 0 Å². The molecule has 0 atom stereocenters. The minimum absolute atomic E-state index is 0.737. The van der Waals surface area contributed by atoms with Gasteiger partial charge in [0.2, 0.25) is 0 Å². The van der Waals surface area contributed by atoms with Crippen molar-refractivity contribution in [2.45, 2.75) is 13.8 Å². The maximum atomic E-state index is 4.68. The predicted octanol–water partition coefficient (Wildman–Crippen LogP) is 3.41. The van der Waals surface area contributed by atoms with E-state index in [1.54, 1.807) is 23.7 Å². The molecule has 0 amide bonds. The molecule has 0 spiro atoms. The van der Waals surface area contributed by atoms with Crippen LogP contribution in [0.4, 0.5) is 5.82 Å². The van der Waals surface area contributed by atoms with Gasteiger partial charge in [0.25, 0.3) is 0 Å². The molecular weight excluding hydrogens is 256 g/mol. The van der Waals surface area contributed by atoms with Gasteiger partial charge >= 0.3 is 0 Å². The van der Waals surface area contributed by atoms with Gasteiger partial charge in [0.15, 0.2) is 5.82 Å². The Hall–Kier alpha value is -2.01. The highest BCUT2D eigenvalue weighted by Gasteiger charge is 2.14. The minimum Gasteiger partial charge on any atom is -0.372 e. The van der Waals surface area contributed by atoms with E-state index in [0.29, 0.717) is 0 Å². The number of hydrogen-bond donors (Lipinski definition) is 1. The van der Waals surface area contributed by atoms with Crippen LogP contribution < -0.4 is 5.32 Å². The molecular formula is C14H14N4S. The third kappa shape index (κ3) is 1.96. The van der Waals surface area contributed by atoms with Gasteiger partial charge in [-0.05, 0) is 31.5 Å². The molecule has 0 saturated heterocycles. The lowest BCUT2D eigenvalue weighted by molar-refractivity contribution is 1.21. The van der Waals surface area contributed by atoms with Crippen molar-refractivity contribution in [3.8, 4) is 11.4 Å². The molecule has 4 nitrogen and oxygen atoms in total. The van der Waals surface area contributed by atoms with Gasteiger partial charge in [0.05, 0.1) is 5.39 Å². The fourth-order valence-electron chi connectivity index (χ4n) is 2.06. The van der Waals surface area contributed by atoms with Crippen LogP contribution in [0.2, 0.25) is 0 Å². The number of fused-ring (bicyclic) bond motifs is 1. The summed E-state index contributed by atoms with van der Waals surface area (Å²) in [5.41, 5.74) is 2.24. The number of anilines is 1. The van der Waals surface area contributed by atoms with Crippen LogP contribution in [0, 0.1) is 13.8 Å². The van der Waals surface area contributed by atoms with Crippen LogP contribution in [0.1, 0.15) is 10.4 Å². The normalized spacial score (nSPS) is 10.9. The molecule has 19 heavy (non-hydrogen) atoms. The minimum atomic E-state index is 0.737. The van der Waals surface area contributed by atoms with E-state index in [2.05, 4.69) is 34.1 Å². The van der Waals surface area contributed by atoms with Crippen molar-refractivity contribution >= 4 is 27.4 Å².